The van der Waals surface area contributed by atoms with Crippen LogP contribution in [0.15, 0.2) is 85.2 Å². The normalized spacial score (nSPS) is 17.1. The Balaban J connectivity index is 1.52. The Labute approximate surface area is 159 Å². The number of para-hydroxylation sites is 2. The van der Waals surface area contributed by atoms with E-state index in [1.807, 2.05) is 6.33 Å². The van der Waals surface area contributed by atoms with Crippen molar-refractivity contribution in [2.24, 2.45) is 0 Å². The topological polar surface area (TPSA) is 21.1 Å². The van der Waals surface area contributed by atoms with Gasteiger partial charge < -0.3 is 4.57 Å². The summed E-state index contributed by atoms with van der Waals surface area (Å²) in [7, 11) is 0. The average Bonchev–Trinajstić information content (AvgIpc) is 3.13. The Hall–Kier alpha value is -2.91. The predicted octanol–water partition coefficient (Wildman–Crippen LogP) is 4.84. The molecule has 1 aliphatic heterocycles. The molecule has 0 radical (unpaired) electrons. The molecule has 0 aliphatic carbocycles. The van der Waals surface area contributed by atoms with E-state index < -0.39 is 0 Å². The lowest BCUT2D eigenvalue weighted by molar-refractivity contribution is 0.159. The summed E-state index contributed by atoms with van der Waals surface area (Å²) < 4.78 is 2.31. The summed E-state index contributed by atoms with van der Waals surface area (Å²) in [6, 6.07) is 28.5. The van der Waals surface area contributed by atoms with Crippen molar-refractivity contribution < 1.29 is 0 Å². The highest BCUT2D eigenvalue weighted by atomic mass is 15.2. The first kappa shape index (κ1) is 16.3. The average molecular weight is 353 g/mol. The van der Waals surface area contributed by atoms with Crippen molar-refractivity contribution in [2.45, 2.75) is 25.6 Å². The minimum atomic E-state index is 0.354. The van der Waals surface area contributed by atoms with E-state index in [1.54, 1.807) is 0 Å². The number of rotatable bonds is 4. The molecule has 27 heavy (non-hydrogen) atoms. The molecule has 1 aromatic heterocycles. The van der Waals surface area contributed by atoms with Crippen molar-refractivity contribution in [3.05, 3.63) is 102 Å². The molecule has 4 aromatic rings. The first-order valence-electron chi connectivity index (χ1n) is 9.64. The van der Waals surface area contributed by atoms with Gasteiger partial charge in [-0.2, -0.15) is 0 Å². The van der Waals surface area contributed by atoms with E-state index in [4.69, 9.17) is 0 Å². The molecule has 0 saturated heterocycles. The summed E-state index contributed by atoms with van der Waals surface area (Å²) >= 11 is 0. The van der Waals surface area contributed by atoms with E-state index in [1.165, 1.54) is 22.2 Å². The molecular formula is C24H23N3. The lowest BCUT2D eigenvalue weighted by atomic mass is 9.92. The molecule has 3 heteroatoms. The van der Waals surface area contributed by atoms with E-state index in [9.17, 15) is 0 Å². The Morgan fingerprint density at radius 3 is 2.56 bits per heavy atom. The van der Waals surface area contributed by atoms with Gasteiger partial charge in [-0.1, -0.05) is 66.7 Å². The summed E-state index contributed by atoms with van der Waals surface area (Å²) in [6.45, 7) is 2.99. The summed E-state index contributed by atoms with van der Waals surface area (Å²) in [5.74, 6) is 0. The van der Waals surface area contributed by atoms with Gasteiger partial charge in [0, 0.05) is 19.6 Å². The Kier molecular flexibility index (Phi) is 4.23. The number of imidazole rings is 1. The first-order chi connectivity index (χ1) is 13.4. The van der Waals surface area contributed by atoms with Crippen molar-refractivity contribution in [2.75, 3.05) is 6.54 Å². The van der Waals surface area contributed by atoms with E-state index in [2.05, 4.69) is 93.3 Å². The predicted molar refractivity (Wildman–Crippen MR) is 109 cm³/mol. The molecule has 0 bridgehead atoms. The zero-order chi connectivity index (χ0) is 18.1. The summed E-state index contributed by atoms with van der Waals surface area (Å²) in [5, 5.41) is 0. The molecule has 3 nitrogen and oxygen atoms in total. The van der Waals surface area contributed by atoms with E-state index in [-0.39, 0.29) is 0 Å². The van der Waals surface area contributed by atoms with Gasteiger partial charge in [-0.3, -0.25) is 4.90 Å². The second-order valence-electron chi connectivity index (χ2n) is 7.31. The monoisotopic (exact) mass is 353 g/mol. The third-order valence-electron chi connectivity index (χ3n) is 5.65. The number of fused-ring (bicyclic) bond motifs is 2. The van der Waals surface area contributed by atoms with Gasteiger partial charge in [0.15, 0.2) is 0 Å². The highest BCUT2D eigenvalue weighted by Crippen LogP contribution is 2.33. The smallest absolute Gasteiger partial charge is 0.0958 e. The third-order valence-corrected chi connectivity index (χ3v) is 5.65. The van der Waals surface area contributed by atoms with Gasteiger partial charge in [-0.15, -0.1) is 0 Å². The van der Waals surface area contributed by atoms with Crippen LogP contribution in [-0.2, 0) is 19.5 Å². The van der Waals surface area contributed by atoms with Crippen molar-refractivity contribution in [3.8, 4) is 0 Å². The molecule has 1 atom stereocenters. The number of hydrogen-bond acceptors (Lipinski definition) is 2. The van der Waals surface area contributed by atoms with E-state index >= 15 is 0 Å². The van der Waals surface area contributed by atoms with Gasteiger partial charge in [-0.25, -0.2) is 4.98 Å². The van der Waals surface area contributed by atoms with Gasteiger partial charge in [-0.05, 0) is 35.2 Å². The fraction of sp³-hybridized carbons (Fsp3) is 0.208. The van der Waals surface area contributed by atoms with Crippen LogP contribution < -0.4 is 0 Å². The van der Waals surface area contributed by atoms with Gasteiger partial charge in [0.2, 0.25) is 0 Å². The maximum Gasteiger partial charge on any atom is 0.0958 e. The second-order valence-corrected chi connectivity index (χ2v) is 7.31. The van der Waals surface area contributed by atoms with Gasteiger partial charge >= 0.3 is 0 Å². The number of hydrogen-bond donors (Lipinski definition) is 0. The van der Waals surface area contributed by atoms with Crippen molar-refractivity contribution >= 4 is 11.0 Å². The highest BCUT2D eigenvalue weighted by molar-refractivity contribution is 5.74. The molecule has 0 N–H and O–H groups in total. The van der Waals surface area contributed by atoms with E-state index in [0.29, 0.717) is 6.04 Å². The SMILES string of the molecule is c1ccc(CN2CCc3ccccc3C2Cn2cnc3ccccc32)cc1. The maximum atomic E-state index is 4.59. The fourth-order valence-electron chi connectivity index (χ4n) is 4.27. The zero-order valence-electron chi connectivity index (χ0n) is 15.3. The molecule has 3 aromatic carbocycles. The largest absolute Gasteiger partial charge is 0.329 e. The molecule has 1 unspecified atom stereocenters. The molecule has 134 valence electrons. The Morgan fingerprint density at radius 2 is 1.63 bits per heavy atom. The van der Waals surface area contributed by atoms with Crippen LogP contribution in [0.3, 0.4) is 0 Å². The van der Waals surface area contributed by atoms with Crippen molar-refractivity contribution in [3.63, 3.8) is 0 Å². The molecule has 0 spiro atoms. The zero-order valence-corrected chi connectivity index (χ0v) is 15.3. The van der Waals surface area contributed by atoms with Crippen LogP contribution in [-0.4, -0.2) is 21.0 Å². The molecule has 0 saturated carbocycles. The van der Waals surface area contributed by atoms with Gasteiger partial charge in [0.1, 0.15) is 0 Å². The molecule has 5 rings (SSSR count). The number of aromatic nitrogens is 2. The minimum absolute atomic E-state index is 0.354. The lowest BCUT2D eigenvalue weighted by Gasteiger charge is -2.37. The van der Waals surface area contributed by atoms with Gasteiger partial charge in [0.25, 0.3) is 0 Å². The van der Waals surface area contributed by atoms with Crippen molar-refractivity contribution in [1.29, 1.82) is 0 Å². The molecule has 0 fully saturated rings. The van der Waals surface area contributed by atoms with Crippen LogP contribution in [0.2, 0.25) is 0 Å². The van der Waals surface area contributed by atoms with Crippen LogP contribution in [0.4, 0.5) is 0 Å². The number of nitrogens with zero attached hydrogens (tertiary/aromatic N) is 3. The molecule has 2 heterocycles. The Morgan fingerprint density at radius 1 is 0.852 bits per heavy atom. The summed E-state index contributed by atoms with van der Waals surface area (Å²) in [5.41, 5.74) is 6.59. The van der Waals surface area contributed by atoms with Crippen LogP contribution in [0.25, 0.3) is 11.0 Å². The van der Waals surface area contributed by atoms with Crippen LogP contribution >= 0.6 is 0 Å². The summed E-state index contributed by atoms with van der Waals surface area (Å²) in [6.07, 6.45) is 3.10. The van der Waals surface area contributed by atoms with Gasteiger partial charge in [0.05, 0.1) is 23.4 Å². The lowest BCUT2D eigenvalue weighted by Crippen LogP contribution is -2.37. The Bertz CT molecular complexity index is 1050. The first-order valence-corrected chi connectivity index (χ1v) is 9.64. The number of benzene rings is 3. The highest BCUT2D eigenvalue weighted by Gasteiger charge is 2.27. The maximum absolute atomic E-state index is 4.59. The fourth-order valence-corrected chi connectivity index (χ4v) is 4.27. The molecular weight excluding hydrogens is 330 g/mol. The minimum Gasteiger partial charge on any atom is -0.329 e. The second kappa shape index (κ2) is 7.01. The van der Waals surface area contributed by atoms with Crippen molar-refractivity contribution in [1.82, 2.24) is 14.5 Å². The standard InChI is InChI=1S/C24H23N3/c1-2-8-19(9-3-1)16-26-15-14-20-10-4-5-11-21(20)24(26)17-27-18-25-22-12-6-7-13-23(22)27/h1-13,18,24H,14-17H2. The van der Waals surface area contributed by atoms with E-state index in [0.717, 1.165) is 31.6 Å². The third kappa shape index (κ3) is 3.15. The van der Waals surface area contributed by atoms with Crippen LogP contribution in [0, 0.1) is 0 Å². The quantitative estimate of drug-likeness (QED) is 0.524. The van der Waals surface area contributed by atoms with Crippen LogP contribution in [0.5, 0.6) is 0 Å². The van der Waals surface area contributed by atoms with Crippen LogP contribution in [0.1, 0.15) is 22.7 Å². The molecule has 0 amide bonds. The molecule has 1 aliphatic rings. The summed E-state index contributed by atoms with van der Waals surface area (Å²) in [4.78, 5) is 7.21.